The van der Waals surface area contributed by atoms with Crippen molar-refractivity contribution in [2.24, 2.45) is 0 Å². The number of nitriles is 1. The smallest absolute Gasteiger partial charge is 0.263 e. The number of hydrogen-bond acceptors (Lipinski definition) is 7. The minimum atomic E-state index is -3.80. The summed E-state index contributed by atoms with van der Waals surface area (Å²) < 4.78 is 27.6. The number of anilines is 2. The van der Waals surface area contributed by atoms with Crippen LogP contribution in [-0.2, 0) is 27.7 Å². The molecule has 1 aliphatic carbocycles. The number of carbonyl (C=O) groups excluding carboxylic acids is 1. The Morgan fingerprint density at radius 1 is 1.17 bits per heavy atom. The average molecular weight is 508 g/mol. The highest BCUT2D eigenvalue weighted by Gasteiger charge is 2.23. The number of sulfonamides is 1. The molecule has 2 N–H and O–H groups in total. The van der Waals surface area contributed by atoms with E-state index in [4.69, 9.17) is 4.98 Å². The maximum atomic E-state index is 13.0. The van der Waals surface area contributed by atoms with Gasteiger partial charge in [-0.25, -0.2) is 18.4 Å². The second-order valence-corrected chi connectivity index (χ2v) is 11.0. The zero-order valence-corrected chi connectivity index (χ0v) is 20.8. The molecule has 35 heavy (non-hydrogen) atoms. The zero-order valence-electron chi connectivity index (χ0n) is 19.2. The molecule has 2 aromatic heterocycles. The molecule has 0 fully saturated rings. The molecule has 0 saturated carbocycles. The van der Waals surface area contributed by atoms with E-state index in [1.807, 2.05) is 13.0 Å². The minimum absolute atomic E-state index is 0.0551. The molecule has 0 spiro atoms. The van der Waals surface area contributed by atoms with Gasteiger partial charge in [0.2, 0.25) is 5.91 Å². The molecule has 0 radical (unpaired) electrons. The van der Waals surface area contributed by atoms with E-state index in [1.165, 1.54) is 30.1 Å². The number of hydrogen-bond donors (Lipinski definition) is 2. The Kier molecular flexibility index (Phi) is 7.68. The number of nitrogens with one attached hydrogen (secondary N) is 2. The highest BCUT2D eigenvalue weighted by atomic mass is 32.2. The van der Waals surface area contributed by atoms with Crippen LogP contribution < -0.4 is 10.0 Å². The molecule has 0 bridgehead atoms. The van der Waals surface area contributed by atoms with Gasteiger partial charge in [-0.15, -0.1) is 0 Å². The van der Waals surface area contributed by atoms with E-state index in [1.54, 1.807) is 30.3 Å². The minimum Gasteiger partial charge on any atom is -0.325 e. The van der Waals surface area contributed by atoms with Crippen LogP contribution in [0.25, 0.3) is 0 Å². The van der Waals surface area contributed by atoms with E-state index in [0.717, 1.165) is 36.9 Å². The number of fused-ring (bicyclic) bond motifs is 1. The first-order valence-electron chi connectivity index (χ1n) is 11.3. The summed E-state index contributed by atoms with van der Waals surface area (Å²) >= 11 is 1.29. The van der Waals surface area contributed by atoms with Crippen LogP contribution >= 0.6 is 11.8 Å². The van der Waals surface area contributed by atoms with Gasteiger partial charge in [-0.05, 0) is 80.1 Å². The summed E-state index contributed by atoms with van der Waals surface area (Å²) in [6, 6.07) is 15.0. The summed E-state index contributed by atoms with van der Waals surface area (Å²) in [5.74, 6) is -0.0108. The van der Waals surface area contributed by atoms with Crippen LogP contribution in [-0.4, -0.2) is 29.5 Å². The highest BCUT2D eigenvalue weighted by Crippen LogP contribution is 2.31. The maximum absolute atomic E-state index is 13.0. The molecule has 8 nitrogen and oxygen atoms in total. The first-order chi connectivity index (χ1) is 16.9. The summed E-state index contributed by atoms with van der Waals surface area (Å²) in [4.78, 5) is 21.7. The van der Waals surface area contributed by atoms with E-state index < -0.39 is 15.3 Å². The fourth-order valence-electron chi connectivity index (χ4n) is 3.80. The van der Waals surface area contributed by atoms with E-state index in [2.05, 4.69) is 21.1 Å². The van der Waals surface area contributed by atoms with Crippen LogP contribution in [0.4, 0.5) is 11.5 Å². The van der Waals surface area contributed by atoms with Crippen molar-refractivity contribution in [3.8, 4) is 6.07 Å². The summed E-state index contributed by atoms with van der Waals surface area (Å²) in [7, 11) is -3.80. The SMILES string of the molecule is CCC(Sc1nc2c(cc1C#N)CCCC2)C(=O)Nc1ccc(S(=O)(=O)Nc2ccccn2)cc1. The lowest BCUT2D eigenvalue weighted by molar-refractivity contribution is -0.115. The molecule has 0 saturated heterocycles. The van der Waals surface area contributed by atoms with Crippen LogP contribution in [0.15, 0.2) is 64.6 Å². The van der Waals surface area contributed by atoms with Crippen molar-refractivity contribution in [3.05, 3.63) is 71.5 Å². The molecule has 10 heteroatoms. The number of benzene rings is 1. The lowest BCUT2D eigenvalue weighted by Crippen LogP contribution is -2.25. The lowest BCUT2D eigenvalue weighted by Gasteiger charge is -2.19. The number of pyridine rings is 2. The van der Waals surface area contributed by atoms with Crippen LogP contribution in [0, 0.1) is 11.3 Å². The van der Waals surface area contributed by atoms with E-state index in [0.29, 0.717) is 22.7 Å². The van der Waals surface area contributed by atoms with Gasteiger partial charge in [0.1, 0.15) is 16.9 Å². The fourth-order valence-corrected chi connectivity index (χ4v) is 5.81. The van der Waals surface area contributed by atoms with Gasteiger partial charge in [0.05, 0.1) is 15.7 Å². The Balaban J connectivity index is 1.45. The summed E-state index contributed by atoms with van der Waals surface area (Å²) in [5, 5.41) is 12.6. The zero-order chi connectivity index (χ0) is 24.8. The van der Waals surface area contributed by atoms with Crippen LogP contribution in [0.1, 0.15) is 43.0 Å². The quantitative estimate of drug-likeness (QED) is 0.429. The summed E-state index contributed by atoms with van der Waals surface area (Å²) in [5.41, 5.74) is 3.12. The van der Waals surface area contributed by atoms with Gasteiger partial charge in [-0.3, -0.25) is 9.52 Å². The summed E-state index contributed by atoms with van der Waals surface area (Å²) in [6.07, 6.45) is 6.05. The first-order valence-corrected chi connectivity index (χ1v) is 13.7. The third kappa shape index (κ3) is 5.99. The van der Waals surface area contributed by atoms with Crippen molar-refractivity contribution in [1.82, 2.24) is 9.97 Å². The molecule has 4 rings (SSSR count). The first kappa shape index (κ1) is 24.7. The van der Waals surface area contributed by atoms with Gasteiger partial charge in [0, 0.05) is 17.6 Å². The van der Waals surface area contributed by atoms with E-state index >= 15 is 0 Å². The van der Waals surface area contributed by atoms with Crippen LogP contribution in [0.5, 0.6) is 0 Å². The molecule has 0 aliphatic heterocycles. The van der Waals surface area contributed by atoms with Crippen molar-refractivity contribution in [2.45, 2.75) is 54.2 Å². The third-order valence-electron chi connectivity index (χ3n) is 5.64. The Bertz CT molecular complexity index is 1350. The van der Waals surface area contributed by atoms with Gasteiger partial charge < -0.3 is 5.32 Å². The number of thioether (sulfide) groups is 1. The van der Waals surface area contributed by atoms with Gasteiger partial charge in [-0.1, -0.05) is 24.8 Å². The maximum Gasteiger partial charge on any atom is 0.263 e. The van der Waals surface area contributed by atoms with Gasteiger partial charge in [-0.2, -0.15) is 5.26 Å². The Labute approximate surface area is 209 Å². The van der Waals surface area contributed by atoms with Crippen LogP contribution in [0.3, 0.4) is 0 Å². The molecular weight excluding hydrogens is 482 g/mol. The Morgan fingerprint density at radius 3 is 2.63 bits per heavy atom. The molecule has 1 unspecified atom stereocenters. The van der Waals surface area contributed by atoms with Gasteiger partial charge >= 0.3 is 0 Å². The molecular formula is C25H25N5O3S2. The largest absolute Gasteiger partial charge is 0.325 e. The molecule has 3 aromatic rings. The number of rotatable bonds is 8. The predicted octanol–water partition coefficient (Wildman–Crippen LogP) is 4.54. The Hall–Kier alpha value is -3.42. The average Bonchev–Trinajstić information content (AvgIpc) is 2.87. The van der Waals surface area contributed by atoms with Crippen molar-refractivity contribution >= 4 is 39.2 Å². The van der Waals surface area contributed by atoms with E-state index in [9.17, 15) is 18.5 Å². The number of nitrogens with zero attached hydrogens (tertiary/aromatic N) is 3. The molecule has 1 amide bonds. The summed E-state index contributed by atoms with van der Waals surface area (Å²) in [6.45, 7) is 1.90. The lowest BCUT2D eigenvalue weighted by atomic mass is 9.95. The number of carbonyl (C=O) groups is 1. The van der Waals surface area contributed by atoms with E-state index in [-0.39, 0.29) is 16.6 Å². The second kappa shape index (κ2) is 10.9. The van der Waals surface area contributed by atoms with Crippen molar-refractivity contribution in [2.75, 3.05) is 10.0 Å². The molecule has 180 valence electrons. The van der Waals surface area contributed by atoms with Gasteiger partial charge in [0.25, 0.3) is 10.0 Å². The van der Waals surface area contributed by atoms with Gasteiger partial charge in [0.15, 0.2) is 0 Å². The van der Waals surface area contributed by atoms with Crippen molar-refractivity contribution in [1.29, 1.82) is 5.26 Å². The monoisotopic (exact) mass is 507 g/mol. The number of aromatic nitrogens is 2. The Morgan fingerprint density at radius 2 is 1.94 bits per heavy atom. The fraction of sp³-hybridized carbons (Fsp3) is 0.280. The molecule has 1 aromatic carbocycles. The standard InChI is InChI=1S/C25H25N5O3S2/c1-2-22(34-25-18(16-26)15-17-7-3-4-8-21(17)29-25)24(31)28-19-10-12-20(13-11-19)35(32,33)30-23-9-5-6-14-27-23/h5-6,9-15,22H,2-4,7-8H2,1H3,(H,27,30)(H,28,31). The van der Waals surface area contributed by atoms with Crippen molar-refractivity contribution in [3.63, 3.8) is 0 Å². The highest BCUT2D eigenvalue weighted by molar-refractivity contribution is 8.00. The molecule has 1 aliphatic rings. The molecule has 1 atom stereocenters. The topological polar surface area (TPSA) is 125 Å². The number of aryl methyl sites for hydroxylation is 2. The third-order valence-corrected chi connectivity index (χ3v) is 8.38. The number of amides is 1. The normalized spacial score (nSPS) is 13.8. The second-order valence-electron chi connectivity index (χ2n) is 8.11. The van der Waals surface area contributed by atoms with Crippen molar-refractivity contribution < 1.29 is 13.2 Å². The predicted molar refractivity (Wildman–Crippen MR) is 136 cm³/mol. The van der Waals surface area contributed by atoms with Crippen LogP contribution in [0.2, 0.25) is 0 Å². The molecule has 2 heterocycles.